The van der Waals surface area contributed by atoms with Crippen LogP contribution >= 0.6 is 0 Å². The number of aromatic nitrogens is 3. The van der Waals surface area contributed by atoms with Crippen molar-refractivity contribution in [1.82, 2.24) is 15.2 Å². The maximum atomic E-state index is 4.60. The molecule has 5 nitrogen and oxygen atoms in total. The summed E-state index contributed by atoms with van der Waals surface area (Å²) < 4.78 is 0. The van der Waals surface area contributed by atoms with E-state index in [4.69, 9.17) is 0 Å². The lowest BCUT2D eigenvalue weighted by atomic mass is 10.0. The van der Waals surface area contributed by atoms with Gasteiger partial charge in [-0.15, -0.1) is 5.10 Å². The molecule has 0 saturated carbocycles. The highest BCUT2D eigenvalue weighted by atomic mass is 15.3. The summed E-state index contributed by atoms with van der Waals surface area (Å²) in [6, 6.07) is 6.39. The van der Waals surface area contributed by atoms with Crippen LogP contribution in [0.25, 0.3) is 0 Å². The van der Waals surface area contributed by atoms with Gasteiger partial charge in [0, 0.05) is 18.8 Å². The zero-order valence-corrected chi connectivity index (χ0v) is 13.9. The molecule has 0 fully saturated rings. The number of hydrogen-bond donors (Lipinski definition) is 1. The van der Waals surface area contributed by atoms with E-state index in [1.807, 2.05) is 0 Å². The van der Waals surface area contributed by atoms with Crippen molar-refractivity contribution < 1.29 is 0 Å². The van der Waals surface area contributed by atoms with Crippen molar-refractivity contribution in [2.45, 2.75) is 40.5 Å². The van der Waals surface area contributed by atoms with Crippen LogP contribution < -0.4 is 10.2 Å². The van der Waals surface area contributed by atoms with Gasteiger partial charge in [0.05, 0.1) is 6.20 Å². The van der Waals surface area contributed by atoms with Gasteiger partial charge in [-0.25, -0.2) is 0 Å². The number of nitrogens with one attached hydrogen (secondary N) is 1. The first kappa shape index (κ1) is 16.2. The van der Waals surface area contributed by atoms with Gasteiger partial charge < -0.3 is 10.2 Å². The van der Waals surface area contributed by atoms with Crippen LogP contribution in [0.5, 0.6) is 0 Å². The lowest BCUT2D eigenvalue weighted by molar-refractivity contribution is 0.826. The van der Waals surface area contributed by atoms with E-state index in [1.54, 1.807) is 6.20 Å². The summed E-state index contributed by atoms with van der Waals surface area (Å²) in [5, 5.41) is 11.6. The summed E-state index contributed by atoms with van der Waals surface area (Å²) in [6.07, 6.45) is 3.66. The predicted octanol–water partition coefficient (Wildman–Crippen LogP) is 3.59. The monoisotopic (exact) mass is 299 g/mol. The molecule has 22 heavy (non-hydrogen) atoms. The van der Waals surface area contributed by atoms with Crippen molar-refractivity contribution in [2.24, 2.45) is 0 Å². The molecule has 0 unspecified atom stereocenters. The minimum Gasteiger partial charge on any atom is -0.356 e. The Morgan fingerprint density at radius 1 is 1.00 bits per heavy atom. The lowest BCUT2D eigenvalue weighted by Gasteiger charge is -2.20. The number of aryl methyl sites for hydroxylation is 2. The standard InChI is InChI=1S/C17H25N5/c1-5-13-10-9-11-14(6-2)16(13)20-17-19-15(12-18-21-17)22(7-3)8-4/h9-12H,5-8H2,1-4H3,(H,19,20,21). The summed E-state index contributed by atoms with van der Waals surface area (Å²) in [5.41, 5.74) is 3.67. The largest absolute Gasteiger partial charge is 0.356 e. The Hall–Kier alpha value is -2.17. The molecule has 0 bridgehead atoms. The number of para-hydroxylation sites is 1. The summed E-state index contributed by atoms with van der Waals surface area (Å²) in [4.78, 5) is 6.76. The van der Waals surface area contributed by atoms with Gasteiger partial charge in [0.25, 0.3) is 0 Å². The van der Waals surface area contributed by atoms with Crippen molar-refractivity contribution in [1.29, 1.82) is 0 Å². The Balaban J connectivity index is 2.33. The fraction of sp³-hybridized carbons (Fsp3) is 0.471. The van der Waals surface area contributed by atoms with E-state index in [-0.39, 0.29) is 0 Å². The first-order valence-corrected chi connectivity index (χ1v) is 8.05. The Kier molecular flexibility index (Phi) is 5.69. The first-order chi connectivity index (χ1) is 10.7. The maximum absolute atomic E-state index is 4.60. The normalized spacial score (nSPS) is 10.5. The highest BCUT2D eigenvalue weighted by molar-refractivity contribution is 5.64. The van der Waals surface area contributed by atoms with Gasteiger partial charge in [0.1, 0.15) is 0 Å². The second kappa shape index (κ2) is 7.73. The lowest BCUT2D eigenvalue weighted by Crippen LogP contribution is -2.23. The third-order valence-corrected chi connectivity index (χ3v) is 3.87. The van der Waals surface area contributed by atoms with E-state index in [0.717, 1.165) is 37.4 Å². The van der Waals surface area contributed by atoms with Crippen molar-refractivity contribution in [3.8, 4) is 0 Å². The molecule has 0 aliphatic carbocycles. The van der Waals surface area contributed by atoms with Gasteiger partial charge in [-0.3, -0.25) is 0 Å². The van der Waals surface area contributed by atoms with Crippen LogP contribution in [0.2, 0.25) is 0 Å². The Labute approximate surface area is 132 Å². The predicted molar refractivity (Wildman–Crippen MR) is 91.9 cm³/mol. The van der Waals surface area contributed by atoms with E-state index in [2.05, 4.69) is 71.3 Å². The van der Waals surface area contributed by atoms with E-state index >= 15 is 0 Å². The fourth-order valence-electron chi connectivity index (χ4n) is 2.56. The van der Waals surface area contributed by atoms with Gasteiger partial charge in [-0.05, 0) is 37.8 Å². The van der Waals surface area contributed by atoms with Crippen LogP contribution in [0.15, 0.2) is 24.4 Å². The van der Waals surface area contributed by atoms with Crippen molar-refractivity contribution in [3.63, 3.8) is 0 Å². The highest BCUT2D eigenvalue weighted by Crippen LogP contribution is 2.25. The fourth-order valence-corrected chi connectivity index (χ4v) is 2.56. The zero-order valence-electron chi connectivity index (χ0n) is 13.9. The van der Waals surface area contributed by atoms with Gasteiger partial charge in [-0.1, -0.05) is 32.0 Å². The van der Waals surface area contributed by atoms with Crippen molar-refractivity contribution >= 4 is 17.5 Å². The van der Waals surface area contributed by atoms with Gasteiger partial charge in [0.15, 0.2) is 5.82 Å². The second-order valence-electron chi connectivity index (χ2n) is 5.09. The molecular formula is C17H25N5. The summed E-state index contributed by atoms with van der Waals surface area (Å²) in [5.74, 6) is 1.41. The summed E-state index contributed by atoms with van der Waals surface area (Å²) in [6.45, 7) is 10.3. The minimum atomic E-state index is 0.556. The molecule has 0 amide bonds. The number of nitrogens with zero attached hydrogens (tertiary/aromatic N) is 4. The molecular weight excluding hydrogens is 274 g/mol. The number of hydrogen-bond acceptors (Lipinski definition) is 5. The molecule has 0 atom stereocenters. The average molecular weight is 299 g/mol. The molecule has 2 rings (SSSR count). The Bertz CT molecular complexity index is 585. The van der Waals surface area contributed by atoms with E-state index in [9.17, 15) is 0 Å². The quantitative estimate of drug-likeness (QED) is 0.846. The third-order valence-electron chi connectivity index (χ3n) is 3.87. The highest BCUT2D eigenvalue weighted by Gasteiger charge is 2.10. The second-order valence-corrected chi connectivity index (χ2v) is 5.09. The minimum absolute atomic E-state index is 0.556. The number of rotatable bonds is 7. The summed E-state index contributed by atoms with van der Waals surface area (Å²) >= 11 is 0. The van der Waals surface area contributed by atoms with Crippen LogP contribution in [-0.2, 0) is 12.8 Å². The van der Waals surface area contributed by atoms with Gasteiger partial charge in [0.2, 0.25) is 5.95 Å². The molecule has 2 aromatic rings. The molecule has 1 aromatic heterocycles. The first-order valence-electron chi connectivity index (χ1n) is 8.05. The molecule has 1 N–H and O–H groups in total. The van der Waals surface area contributed by atoms with Crippen molar-refractivity contribution in [3.05, 3.63) is 35.5 Å². The molecule has 0 radical (unpaired) electrons. The van der Waals surface area contributed by atoms with Crippen LogP contribution in [0, 0.1) is 0 Å². The molecule has 5 heteroatoms. The van der Waals surface area contributed by atoms with E-state index in [0.29, 0.717) is 5.95 Å². The van der Waals surface area contributed by atoms with Gasteiger partial charge in [-0.2, -0.15) is 10.1 Å². The number of anilines is 3. The summed E-state index contributed by atoms with van der Waals surface area (Å²) in [7, 11) is 0. The molecule has 1 aromatic carbocycles. The molecule has 1 heterocycles. The molecule has 0 aliphatic heterocycles. The van der Waals surface area contributed by atoms with Crippen LogP contribution in [0.4, 0.5) is 17.5 Å². The number of benzene rings is 1. The van der Waals surface area contributed by atoms with Crippen LogP contribution in [-0.4, -0.2) is 28.3 Å². The molecule has 0 aliphatic rings. The van der Waals surface area contributed by atoms with Crippen LogP contribution in [0.3, 0.4) is 0 Å². The topological polar surface area (TPSA) is 53.9 Å². The van der Waals surface area contributed by atoms with Crippen molar-refractivity contribution in [2.75, 3.05) is 23.3 Å². The average Bonchev–Trinajstić information content (AvgIpc) is 2.56. The zero-order chi connectivity index (χ0) is 15.9. The maximum Gasteiger partial charge on any atom is 0.249 e. The van der Waals surface area contributed by atoms with E-state index < -0.39 is 0 Å². The molecule has 0 spiro atoms. The molecule has 118 valence electrons. The third kappa shape index (κ3) is 3.53. The Morgan fingerprint density at radius 3 is 2.18 bits per heavy atom. The SMILES string of the molecule is CCc1cccc(CC)c1Nc1nncc(N(CC)CC)n1. The van der Waals surface area contributed by atoms with Gasteiger partial charge >= 0.3 is 0 Å². The Morgan fingerprint density at radius 2 is 1.64 bits per heavy atom. The van der Waals surface area contributed by atoms with Crippen LogP contribution in [0.1, 0.15) is 38.8 Å². The smallest absolute Gasteiger partial charge is 0.249 e. The van der Waals surface area contributed by atoms with E-state index in [1.165, 1.54) is 11.1 Å². The molecule has 0 saturated heterocycles.